The van der Waals surface area contributed by atoms with Crippen LogP contribution in [-0.4, -0.2) is 18.3 Å². The molecule has 0 radical (unpaired) electrons. The minimum Gasteiger partial charge on any atom is -0.373 e. The van der Waals surface area contributed by atoms with Gasteiger partial charge in [-0.25, -0.2) is 0 Å². The Labute approximate surface area is 279 Å². The highest BCUT2D eigenvalue weighted by Crippen LogP contribution is 2.40. The van der Waals surface area contributed by atoms with E-state index >= 15 is 0 Å². The standard InChI is InChI=1S/C42H72O3/c1-25(2)34-16-13-28(7)19-40(34)43-22-37-31(10)38(23-44-41-20-29(8)14-17-35(41)26(3)4)33(12)39(32(37)11)24-45-42-21-30(9)15-18-36(42)27(5)6/h25-30,34-36,40-42H,13-24H2,1-12H3/t28-,29-,30-,34+,35+,36+,40-,41-,42-/m1/s1. The first-order valence-electron chi connectivity index (χ1n) is 19.2. The van der Waals surface area contributed by atoms with Gasteiger partial charge in [0.2, 0.25) is 0 Å². The van der Waals surface area contributed by atoms with E-state index in [1.54, 1.807) is 0 Å². The molecule has 3 nitrogen and oxygen atoms in total. The maximum Gasteiger partial charge on any atom is 0.0726 e. The fraction of sp³-hybridized carbons (Fsp3) is 0.857. The van der Waals surface area contributed by atoms with Crippen molar-refractivity contribution in [1.29, 1.82) is 0 Å². The maximum absolute atomic E-state index is 6.96. The van der Waals surface area contributed by atoms with Gasteiger partial charge >= 0.3 is 0 Å². The average molecular weight is 625 g/mol. The van der Waals surface area contributed by atoms with Crippen molar-refractivity contribution >= 4 is 0 Å². The molecule has 0 saturated heterocycles. The molecule has 0 spiro atoms. The normalized spacial score (nSPS) is 33.0. The summed E-state index contributed by atoms with van der Waals surface area (Å²) >= 11 is 0. The van der Waals surface area contributed by atoms with E-state index in [0.717, 1.165) is 17.8 Å². The van der Waals surface area contributed by atoms with Crippen LogP contribution in [-0.2, 0) is 34.0 Å². The highest BCUT2D eigenvalue weighted by molar-refractivity contribution is 5.50. The topological polar surface area (TPSA) is 27.7 Å². The van der Waals surface area contributed by atoms with Crippen molar-refractivity contribution in [3.05, 3.63) is 33.4 Å². The number of hydrogen-bond donors (Lipinski definition) is 0. The molecule has 0 N–H and O–H groups in total. The quantitative estimate of drug-likeness (QED) is 0.231. The summed E-state index contributed by atoms with van der Waals surface area (Å²) in [5.41, 5.74) is 8.30. The molecule has 0 bridgehead atoms. The molecule has 3 fully saturated rings. The summed E-state index contributed by atoms with van der Waals surface area (Å²) in [4.78, 5) is 0. The van der Waals surface area contributed by atoms with Gasteiger partial charge in [-0.1, -0.05) is 81.6 Å². The fourth-order valence-corrected chi connectivity index (χ4v) is 9.53. The van der Waals surface area contributed by atoms with E-state index in [9.17, 15) is 0 Å². The summed E-state index contributed by atoms with van der Waals surface area (Å²) < 4.78 is 20.9. The lowest BCUT2D eigenvalue weighted by Crippen LogP contribution is -2.35. The maximum atomic E-state index is 6.96. The molecular weight excluding hydrogens is 552 g/mol. The summed E-state index contributed by atoms with van der Waals surface area (Å²) in [5.74, 6) is 6.18. The predicted octanol–water partition coefficient (Wildman–Crippen LogP) is 11.5. The SMILES string of the molecule is Cc1c(CO[C@@H]2C[C@H](C)CC[C@H]2C(C)C)c(C)c(CO[C@@H]2C[C@H](C)CC[C@H]2C(C)C)c(C)c1CO[C@@H]1C[C@H](C)CC[C@H]1C(C)C. The van der Waals surface area contributed by atoms with E-state index in [-0.39, 0.29) is 0 Å². The molecular formula is C42H72O3. The van der Waals surface area contributed by atoms with Gasteiger partial charge in [0, 0.05) is 0 Å². The smallest absolute Gasteiger partial charge is 0.0726 e. The van der Waals surface area contributed by atoms with E-state index in [0.29, 0.717) is 73.6 Å². The minimum atomic E-state index is 0.347. The van der Waals surface area contributed by atoms with Gasteiger partial charge in [0.1, 0.15) is 0 Å². The van der Waals surface area contributed by atoms with Crippen molar-refractivity contribution in [2.24, 2.45) is 53.3 Å². The fourth-order valence-electron chi connectivity index (χ4n) is 9.53. The molecule has 3 aliphatic rings. The van der Waals surface area contributed by atoms with Gasteiger partial charge < -0.3 is 14.2 Å². The Hall–Kier alpha value is -0.900. The number of ether oxygens (including phenoxy) is 3. The van der Waals surface area contributed by atoms with Crippen LogP contribution in [0, 0.1) is 74.0 Å². The van der Waals surface area contributed by atoms with E-state index < -0.39 is 0 Å². The van der Waals surface area contributed by atoms with E-state index in [1.165, 1.54) is 91.2 Å². The Morgan fingerprint density at radius 3 is 0.911 bits per heavy atom. The lowest BCUT2D eigenvalue weighted by Gasteiger charge is -2.38. The van der Waals surface area contributed by atoms with E-state index in [2.05, 4.69) is 83.1 Å². The molecule has 0 aromatic heterocycles. The number of benzene rings is 1. The second-order valence-corrected chi connectivity index (χ2v) is 17.3. The van der Waals surface area contributed by atoms with Gasteiger partial charge in [-0.05, 0) is 146 Å². The van der Waals surface area contributed by atoms with Crippen molar-refractivity contribution in [1.82, 2.24) is 0 Å². The van der Waals surface area contributed by atoms with E-state index in [1.807, 2.05) is 0 Å². The molecule has 1 aromatic carbocycles. The van der Waals surface area contributed by atoms with Crippen LogP contribution < -0.4 is 0 Å². The lowest BCUT2D eigenvalue weighted by atomic mass is 9.75. The molecule has 0 aliphatic heterocycles. The van der Waals surface area contributed by atoms with Crippen LogP contribution in [0.15, 0.2) is 0 Å². The molecule has 0 amide bonds. The number of rotatable bonds is 12. The minimum absolute atomic E-state index is 0.347. The van der Waals surface area contributed by atoms with Crippen LogP contribution in [0.5, 0.6) is 0 Å². The summed E-state index contributed by atoms with van der Waals surface area (Å²) in [6.07, 6.45) is 12.5. The first-order valence-corrected chi connectivity index (χ1v) is 19.2. The van der Waals surface area contributed by atoms with Crippen LogP contribution in [0.3, 0.4) is 0 Å². The van der Waals surface area contributed by atoms with Crippen molar-refractivity contribution in [3.63, 3.8) is 0 Å². The second-order valence-electron chi connectivity index (χ2n) is 17.3. The molecule has 45 heavy (non-hydrogen) atoms. The Bertz CT molecular complexity index is 918. The summed E-state index contributed by atoms with van der Waals surface area (Å²) in [7, 11) is 0. The van der Waals surface area contributed by atoms with Crippen molar-refractivity contribution in [2.45, 2.75) is 179 Å². The summed E-state index contributed by atoms with van der Waals surface area (Å²) in [5, 5.41) is 0. The van der Waals surface area contributed by atoms with Gasteiger partial charge in [-0.2, -0.15) is 0 Å². The predicted molar refractivity (Wildman–Crippen MR) is 190 cm³/mol. The van der Waals surface area contributed by atoms with Crippen LogP contribution in [0.1, 0.15) is 153 Å². The summed E-state index contributed by atoms with van der Waals surface area (Å²) in [6.45, 7) is 30.7. The van der Waals surface area contributed by atoms with Crippen molar-refractivity contribution < 1.29 is 14.2 Å². The zero-order valence-electron chi connectivity index (χ0n) is 31.6. The first-order chi connectivity index (χ1) is 21.3. The van der Waals surface area contributed by atoms with Gasteiger partial charge in [0.15, 0.2) is 0 Å². The van der Waals surface area contributed by atoms with Crippen LogP contribution in [0.2, 0.25) is 0 Å². The zero-order chi connectivity index (χ0) is 33.0. The van der Waals surface area contributed by atoms with Gasteiger partial charge in [0.05, 0.1) is 38.1 Å². The molecule has 4 rings (SSSR count). The Kier molecular flexibility index (Phi) is 13.5. The van der Waals surface area contributed by atoms with E-state index in [4.69, 9.17) is 14.2 Å². The Morgan fingerprint density at radius 1 is 0.444 bits per heavy atom. The number of hydrogen-bond acceptors (Lipinski definition) is 3. The molecule has 9 atom stereocenters. The van der Waals surface area contributed by atoms with Crippen LogP contribution in [0.25, 0.3) is 0 Å². The summed E-state index contributed by atoms with van der Waals surface area (Å²) in [6, 6.07) is 0. The third kappa shape index (κ3) is 9.17. The second kappa shape index (κ2) is 16.5. The third-order valence-electron chi connectivity index (χ3n) is 12.9. The molecule has 3 saturated carbocycles. The first kappa shape index (κ1) is 36.9. The van der Waals surface area contributed by atoms with Crippen LogP contribution in [0.4, 0.5) is 0 Å². The third-order valence-corrected chi connectivity index (χ3v) is 12.9. The van der Waals surface area contributed by atoms with Gasteiger partial charge in [-0.15, -0.1) is 0 Å². The van der Waals surface area contributed by atoms with Crippen molar-refractivity contribution in [3.8, 4) is 0 Å². The molecule has 0 heterocycles. The lowest BCUT2D eigenvalue weighted by molar-refractivity contribution is -0.0511. The molecule has 3 heteroatoms. The monoisotopic (exact) mass is 625 g/mol. The molecule has 258 valence electrons. The Morgan fingerprint density at radius 2 is 0.689 bits per heavy atom. The highest BCUT2D eigenvalue weighted by atomic mass is 16.5. The van der Waals surface area contributed by atoms with Crippen LogP contribution >= 0.6 is 0 Å². The molecule has 3 aliphatic carbocycles. The molecule has 0 unspecified atom stereocenters. The molecule has 1 aromatic rings. The van der Waals surface area contributed by atoms with Crippen molar-refractivity contribution in [2.75, 3.05) is 0 Å². The average Bonchev–Trinajstić information content (AvgIpc) is 2.96. The largest absolute Gasteiger partial charge is 0.373 e. The highest BCUT2D eigenvalue weighted by Gasteiger charge is 2.35. The van der Waals surface area contributed by atoms with Gasteiger partial charge in [0.25, 0.3) is 0 Å². The zero-order valence-corrected chi connectivity index (χ0v) is 31.6. The Balaban J connectivity index is 1.63. The van der Waals surface area contributed by atoms with Gasteiger partial charge in [-0.3, -0.25) is 0 Å².